The lowest BCUT2D eigenvalue weighted by Gasteiger charge is -2.36. The number of piperazine rings is 1. The van der Waals surface area contributed by atoms with Crippen molar-refractivity contribution < 1.29 is 13.7 Å². The van der Waals surface area contributed by atoms with Gasteiger partial charge in [-0.2, -0.15) is 0 Å². The number of aromatic nitrogens is 1. The third-order valence-electron chi connectivity index (χ3n) is 3.83. The van der Waals surface area contributed by atoms with E-state index >= 15 is 0 Å². The van der Waals surface area contributed by atoms with Gasteiger partial charge >= 0.3 is 0 Å². The maximum absolute atomic E-state index is 13.8. The molecule has 0 saturated carbocycles. The molecular formula is C16H18FN3O2. The first-order valence-electron chi connectivity index (χ1n) is 7.33. The molecule has 0 aliphatic carbocycles. The van der Waals surface area contributed by atoms with Crippen LogP contribution in [-0.2, 0) is 11.2 Å². The van der Waals surface area contributed by atoms with Crippen LogP contribution in [0.1, 0.15) is 11.5 Å². The van der Waals surface area contributed by atoms with Gasteiger partial charge in [0.25, 0.3) is 0 Å². The standard InChI is InChI=1S/C16H18FN3O2/c1-12-10-13(18-22-12)11-16(21)20-8-6-19(7-9-20)15-5-3-2-4-14(15)17/h2-5,10H,6-9,11H2,1H3. The third-order valence-corrected chi connectivity index (χ3v) is 3.83. The molecule has 0 N–H and O–H groups in total. The van der Waals surface area contributed by atoms with E-state index in [4.69, 9.17) is 4.52 Å². The molecule has 1 aliphatic rings. The summed E-state index contributed by atoms with van der Waals surface area (Å²) in [6, 6.07) is 8.50. The molecule has 0 atom stereocenters. The molecule has 1 saturated heterocycles. The summed E-state index contributed by atoms with van der Waals surface area (Å²) < 4.78 is 18.7. The Kier molecular flexibility index (Phi) is 4.09. The number of nitrogens with zero attached hydrogens (tertiary/aromatic N) is 3. The van der Waals surface area contributed by atoms with Crippen molar-refractivity contribution in [2.75, 3.05) is 31.1 Å². The molecule has 116 valence electrons. The fourth-order valence-electron chi connectivity index (χ4n) is 2.67. The molecule has 2 heterocycles. The highest BCUT2D eigenvalue weighted by atomic mass is 19.1. The maximum Gasteiger partial charge on any atom is 0.228 e. The summed E-state index contributed by atoms with van der Waals surface area (Å²) in [5.74, 6) is 0.508. The molecule has 1 fully saturated rings. The number of para-hydroxylation sites is 1. The van der Waals surface area contributed by atoms with Crippen LogP contribution in [0.3, 0.4) is 0 Å². The molecule has 0 unspecified atom stereocenters. The van der Waals surface area contributed by atoms with Gasteiger partial charge in [-0.15, -0.1) is 0 Å². The van der Waals surface area contributed by atoms with Gasteiger partial charge in [0.15, 0.2) is 0 Å². The zero-order valence-corrected chi connectivity index (χ0v) is 12.5. The van der Waals surface area contributed by atoms with E-state index < -0.39 is 0 Å². The van der Waals surface area contributed by atoms with Gasteiger partial charge in [-0.05, 0) is 19.1 Å². The van der Waals surface area contributed by atoms with E-state index in [1.54, 1.807) is 30.0 Å². The minimum atomic E-state index is -0.222. The van der Waals surface area contributed by atoms with Crippen LogP contribution in [0.25, 0.3) is 0 Å². The number of carbonyl (C=O) groups is 1. The molecular weight excluding hydrogens is 285 g/mol. The van der Waals surface area contributed by atoms with Crippen LogP contribution in [0.4, 0.5) is 10.1 Å². The molecule has 3 rings (SSSR count). The Morgan fingerprint density at radius 2 is 2.00 bits per heavy atom. The lowest BCUT2D eigenvalue weighted by atomic mass is 10.2. The van der Waals surface area contributed by atoms with Crippen molar-refractivity contribution in [1.29, 1.82) is 0 Å². The smallest absolute Gasteiger partial charge is 0.228 e. The second kappa shape index (κ2) is 6.17. The van der Waals surface area contributed by atoms with Crippen molar-refractivity contribution in [2.24, 2.45) is 0 Å². The Bertz CT molecular complexity index is 663. The lowest BCUT2D eigenvalue weighted by Crippen LogP contribution is -2.49. The zero-order chi connectivity index (χ0) is 15.5. The molecule has 0 spiro atoms. The van der Waals surface area contributed by atoms with Gasteiger partial charge < -0.3 is 14.3 Å². The monoisotopic (exact) mass is 303 g/mol. The van der Waals surface area contributed by atoms with Gasteiger partial charge in [0.2, 0.25) is 5.91 Å². The molecule has 1 amide bonds. The third kappa shape index (κ3) is 3.10. The number of benzene rings is 1. The predicted molar refractivity (Wildman–Crippen MR) is 80.1 cm³/mol. The van der Waals surface area contributed by atoms with E-state index in [0.29, 0.717) is 43.3 Å². The molecule has 22 heavy (non-hydrogen) atoms. The van der Waals surface area contributed by atoms with Gasteiger partial charge in [-0.3, -0.25) is 4.79 Å². The summed E-state index contributed by atoms with van der Waals surface area (Å²) in [5.41, 5.74) is 1.25. The summed E-state index contributed by atoms with van der Waals surface area (Å²) in [6.45, 7) is 4.23. The van der Waals surface area contributed by atoms with Gasteiger partial charge in [0.05, 0.1) is 17.8 Å². The van der Waals surface area contributed by atoms with Crippen LogP contribution >= 0.6 is 0 Å². The van der Waals surface area contributed by atoms with E-state index in [1.165, 1.54) is 6.07 Å². The average Bonchev–Trinajstić information content (AvgIpc) is 2.93. The quantitative estimate of drug-likeness (QED) is 0.870. The Morgan fingerprint density at radius 3 is 2.64 bits per heavy atom. The van der Waals surface area contributed by atoms with E-state index in [1.807, 2.05) is 11.0 Å². The molecule has 6 heteroatoms. The Morgan fingerprint density at radius 1 is 1.27 bits per heavy atom. The molecule has 1 aromatic heterocycles. The average molecular weight is 303 g/mol. The second-order valence-electron chi connectivity index (χ2n) is 5.42. The normalized spacial score (nSPS) is 15.2. The van der Waals surface area contributed by atoms with Crippen LogP contribution in [0, 0.1) is 12.7 Å². The number of amides is 1. The largest absolute Gasteiger partial charge is 0.366 e. The number of hydrogen-bond donors (Lipinski definition) is 0. The Hall–Kier alpha value is -2.37. The van der Waals surface area contributed by atoms with Crippen molar-refractivity contribution in [1.82, 2.24) is 10.1 Å². The Balaban J connectivity index is 1.57. The minimum absolute atomic E-state index is 0.0292. The summed E-state index contributed by atoms with van der Waals surface area (Å²) in [6.07, 6.45) is 0.247. The highest BCUT2D eigenvalue weighted by Gasteiger charge is 2.23. The molecule has 1 aromatic carbocycles. The Labute approximate surface area is 128 Å². The van der Waals surface area contributed by atoms with Crippen LogP contribution in [-0.4, -0.2) is 42.1 Å². The summed E-state index contributed by atoms with van der Waals surface area (Å²) in [7, 11) is 0. The number of anilines is 1. The maximum atomic E-state index is 13.8. The van der Waals surface area contributed by atoms with Gasteiger partial charge in [-0.1, -0.05) is 17.3 Å². The molecule has 0 radical (unpaired) electrons. The highest BCUT2D eigenvalue weighted by molar-refractivity contribution is 5.78. The molecule has 5 nitrogen and oxygen atoms in total. The number of halogens is 1. The first kappa shape index (κ1) is 14.6. The summed E-state index contributed by atoms with van der Waals surface area (Å²) in [5, 5.41) is 3.84. The van der Waals surface area contributed by atoms with Gasteiger partial charge in [0.1, 0.15) is 11.6 Å². The second-order valence-corrected chi connectivity index (χ2v) is 5.42. The topological polar surface area (TPSA) is 49.6 Å². The van der Waals surface area contributed by atoms with E-state index in [2.05, 4.69) is 5.16 Å². The van der Waals surface area contributed by atoms with Gasteiger partial charge in [0, 0.05) is 32.2 Å². The van der Waals surface area contributed by atoms with Crippen molar-refractivity contribution in [3.63, 3.8) is 0 Å². The number of aryl methyl sites for hydroxylation is 1. The molecule has 1 aliphatic heterocycles. The van der Waals surface area contributed by atoms with Crippen LogP contribution in [0.2, 0.25) is 0 Å². The number of rotatable bonds is 3. The minimum Gasteiger partial charge on any atom is -0.366 e. The zero-order valence-electron chi connectivity index (χ0n) is 12.5. The fourth-order valence-corrected chi connectivity index (χ4v) is 2.67. The van der Waals surface area contributed by atoms with Crippen molar-refractivity contribution in [3.05, 3.63) is 47.6 Å². The lowest BCUT2D eigenvalue weighted by molar-refractivity contribution is -0.130. The highest BCUT2D eigenvalue weighted by Crippen LogP contribution is 2.20. The first-order valence-corrected chi connectivity index (χ1v) is 7.33. The first-order chi connectivity index (χ1) is 10.6. The van der Waals surface area contributed by atoms with Crippen LogP contribution in [0.15, 0.2) is 34.9 Å². The van der Waals surface area contributed by atoms with E-state index in [9.17, 15) is 9.18 Å². The van der Waals surface area contributed by atoms with E-state index in [-0.39, 0.29) is 18.1 Å². The fraction of sp³-hybridized carbons (Fsp3) is 0.375. The van der Waals surface area contributed by atoms with Crippen LogP contribution in [0.5, 0.6) is 0 Å². The number of hydrogen-bond acceptors (Lipinski definition) is 4. The van der Waals surface area contributed by atoms with Crippen molar-refractivity contribution in [3.8, 4) is 0 Å². The van der Waals surface area contributed by atoms with Crippen LogP contribution < -0.4 is 4.90 Å². The SMILES string of the molecule is Cc1cc(CC(=O)N2CCN(c3ccccc3F)CC2)no1. The molecule has 2 aromatic rings. The molecule has 0 bridgehead atoms. The van der Waals surface area contributed by atoms with Gasteiger partial charge in [-0.25, -0.2) is 4.39 Å². The van der Waals surface area contributed by atoms with Crippen molar-refractivity contribution in [2.45, 2.75) is 13.3 Å². The van der Waals surface area contributed by atoms with E-state index in [0.717, 1.165) is 0 Å². The summed E-state index contributed by atoms with van der Waals surface area (Å²) in [4.78, 5) is 16.0. The summed E-state index contributed by atoms with van der Waals surface area (Å²) >= 11 is 0. The van der Waals surface area contributed by atoms with Crippen molar-refractivity contribution >= 4 is 11.6 Å². The number of carbonyl (C=O) groups excluding carboxylic acids is 1. The predicted octanol–water partition coefficient (Wildman–Crippen LogP) is 2.01.